The Balaban J connectivity index is 1.43. The SMILES string of the molecule is O=CC1C(=O)c2ccccc2OC12CCN(C(=O)OCc1ccccc1)CC2. The highest BCUT2D eigenvalue weighted by atomic mass is 16.6. The number of nitrogens with zero attached hydrogens (tertiary/aromatic N) is 1. The van der Waals surface area contributed by atoms with Gasteiger partial charge in [0.15, 0.2) is 5.78 Å². The first kappa shape index (κ1) is 18.2. The number of likely N-dealkylation sites (tertiary alicyclic amines) is 1. The smallest absolute Gasteiger partial charge is 0.410 e. The molecule has 0 radical (unpaired) electrons. The van der Waals surface area contributed by atoms with Crippen molar-refractivity contribution in [2.45, 2.75) is 25.0 Å². The summed E-state index contributed by atoms with van der Waals surface area (Å²) in [5.41, 5.74) is 0.460. The topological polar surface area (TPSA) is 72.9 Å². The third-order valence-electron chi connectivity index (χ3n) is 5.52. The number of carbonyl (C=O) groups is 3. The molecule has 1 atom stereocenters. The number of para-hydroxylation sites is 1. The van der Waals surface area contributed by atoms with Crippen LogP contribution < -0.4 is 4.74 Å². The molecule has 0 saturated carbocycles. The van der Waals surface area contributed by atoms with Crippen molar-refractivity contribution in [3.8, 4) is 5.75 Å². The number of piperidine rings is 1. The van der Waals surface area contributed by atoms with Gasteiger partial charge in [-0.1, -0.05) is 42.5 Å². The minimum atomic E-state index is -0.899. The van der Waals surface area contributed by atoms with E-state index >= 15 is 0 Å². The number of amides is 1. The van der Waals surface area contributed by atoms with Crippen LogP contribution in [0.3, 0.4) is 0 Å². The molecular weight excluding hydrogens is 358 g/mol. The Bertz CT molecular complexity index is 887. The average Bonchev–Trinajstić information content (AvgIpc) is 2.74. The Kier molecular flexibility index (Phi) is 4.86. The standard InChI is InChI=1S/C22H21NO5/c24-14-18-20(25)17-8-4-5-9-19(17)28-22(18)10-12-23(13-11-22)21(26)27-15-16-6-2-1-3-7-16/h1-9,14,18H,10-13,15H2. The molecule has 0 bridgehead atoms. The highest BCUT2D eigenvalue weighted by Crippen LogP contribution is 2.42. The molecule has 1 fully saturated rings. The molecule has 1 amide bonds. The second-order valence-corrected chi connectivity index (χ2v) is 7.17. The van der Waals surface area contributed by atoms with Crippen LogP contribution in [-0.4, -0.2) is 41.8 Å². The molecule has 4 rings (SSSR count). The number of benzene rings is 2. The zero-order valence-electron chi connectivity index (χ0n) is 15.4. The van der Waals surface area contributed by atoms with Crippen molar-refractivity contribution >= 4 is 18.2 Å². The fourth-order valence-electron chi connectivity index (χ4n) is 3.93. The Morgan fingerprint density at radius 3 is 2.50 bits per heavy atom. The molecule has 2 aliphatic rings. The van der Waals surface area contributed by atoms with E-state index < -0.39 is 17.6 Å². The number of Topliss-reactive ketones (excluding diaryl/α,β-unsaturated/α-hetero) is 1. The number of ketones is 1. The summed E-state index contributed by atoms with van der Waals surface area (Å²) in [4.78, 5) is 38.5. The summed E-state index contributed by atoms with van der Waals surface area (Å²) in [7, 11) is 0. The van der Waals surface area contributed by atoms with E-state index in [9.17, 15) is 14.4 Å². The van der Waals surface area contributed by atoms with Crippen molar-refractivity contribution in [2.75, 3.05) is 13.1 Å². The van der Waals surface area contributed by atoms with Gasteiger partial charge in [-0.2, -0.15) is 0 Å². The zero-order chi connectivity index (χ0) is 19.6. The van der Waals surface area contributed by atoms with Crippen molar-refractivity contribution in [1.82, 2.24) is 4.90 Å². The van der Waals surface area contributed by atoms with E-state index in [2.05, 4.69) is 0 Å². The van der Waals surface area contributed by atoms with Crippen LogP contribution in [0.2, 0.25) is 0 Å². The fourth-order valence-corrected chi connectivity index (χ4v) is 3.93. The van der Waals surface area contributed by atoms with Crippen LogP contribution >= 0.6 is 0 Å². The number of hydrogen-bond acceptors (Lipinski definition) is 5. The lowest BCUT2D eigenvalue weighted by molar-refractivity contribution is -0.119. The Labute approximate surface area is 163 Å². The predicted molar refractivity (Wildman–Crippen MR) is 101 cm³/mol. The van der Waals surface area contributed by atoms with Gasteiger partial charge in [-0.3, -0.25) is 4.79 Å². The van der Waals surface area contributed by atoms with Gasteiger partial charge in [0, 0.05) is 25.9 Å². The summed E-state index contributed by atoms with van der Waals surface area (Å²) < 4.78 is 11.5. The van der Waals surface area contributed by atoms with Crippen LogP contribution in [0, 0.1) is 5.92 Å². The zero-order valence-corrected chi connectivity index (χ0v) is 15.4. The molecular formula is C22H21NO5. The maximum atomic E-state index is 12.8. The maximum Gasteiger partial charge on any atom is 0.410 e. The van der Waals surface area contributed by atoms with Crippen LogP contribution in [0.4, 0.5) is 4.79 Å². The van der Waals surface area contributed by atoms with Gasteiger partial charge in [0.1, 0.15) is 30.2 Å². The van der Waals surface area contributed by atoms with E-state index in [0.717, 1.165) is 5.56 Å². The second kappa shape index (κ2) is 7.46. The number of ether oxygens (including phenoxy) is 2. The van der Waals surface area contributed by atoms with Crippen molar-refractivity contribution in [3.63, 3.8) is 0 Å². The highest BCUT2D eigenvalue weighted by molar-refractivity contribution is 6.09. The fraction of sp³-hybridized carbons (Fsp3) is 0.318. The predicted octanol–water partition coefficient (Wildman–Crippen LogP) is 3.25. The number of aldehydes is 1. The number of fused-ring (bicyclic) bond motifs is 1. The van der Waals surface area contributed by atoms with Gasteiger partial charge in [-0.15, -0.1) is 0 Å². The van der Waals surface area contributed by atoms with E-state index in [1.54, 1.807) is 29.2 Å². The Morgan fingerprint density at radius 1 is 1.11 bits per heavy atom. The molecule has 2 heterocycles. The Hall–Kier alpha value is -3.15. The molecule has 2 aliphatic heterocycles. The molecule has 1 saturated heterocycles. The maximum absolute atomic E-state index is 12.8. The number of hydrogen-bond donors (Lipinski definition) is 0. The van der Waals surface area contributed by atoms with Crippen molar-refractivity contribution in [2.24, 2.45) is 5.92 Å². The molecule has 1 spiro atoms. The van der Waals surface area contributed by atoms with Gasteiger partial charge in [-0.25, -0.2) is 4.79 Å². The van der Waals surface area contributed by atoms with E-state index in [-0.39, 0.29) is 12.4 Å². The summed E-state index contributed by atoms with van der Waals surface area (Å²) in [6.45, 7) is 0.946. The van der Waals surface area contributed by atoms with E-state index in [1.165, 1.54) is 0 Å². The quantitative estimate of drug-likeness (QED) is 0.605. The lowest BCUT2D eigenvalue weighted by Crippen LogP contribution is -2.58. The largest absolute Gasteiger partial charge is 0.485 e. The van der Waals surface area contributed by atoms with Gasteiger partial charge in [0.2, 0.25) is 0 Å². The summed E-state index contributed by atoms with van der Waals surface area (Å²) in [5.74, 6) is -0.562. The molecule has 0 aromatic heterocycles. The molecule has 6 heteroatoms. The molecule has 2 aromatic rings. The number of carbonyl (C=O) groups excluding carboxylic acids is 3. The molecule has 0 N–H and O–H groups in total. The molecule has 1 unspecified atom stereocenters. The lowest BCUT2D eigenvalue weighted by Gasteiger charge is -2.46. The first-order valence-electron chi connectivity index (χ1n) is 9.36. The van der Waals surface area contributed by atoms with E-state index in [1.807, 2.05) is 30.3 Å². The molecule has 144 valence electrons. The first-order chi connectivity index (χ1) is 13.6. The van der Waals surface area contributed by atoms with Crippen LogP contribution in [-0.2, 0) is 16.1 Å². The Morgan fingerprint density at radius 2 is 1.79 bits per heavy atom. The van der Waals surface area contributed by atoms with Gasteiger partial charge in [0.25, 0.3) is 0 Å². The normalized spacial score (nSPS) is 20.2. The highest BCUT2D eigenvalue weighted by Gasteiger charge is 2.51. The van der Waals surface area contributed by atoms with Crippen molar-refractivity contribution in [3.05, 3.63) is 65.7 Å². The van der Waals surface area contributed by atoms with Crippen molar-refractivity contribution < 1.29 is 23.9 Å². The summed E-state index contributed by atoms with van der Waals surface area (Å²) in [6.07, 6.45) is 1.08. The molecule has 2 aromatic carbocycles. The second-order valence-electron chi connectivity index (χ2n) is 7.17. The summed E-state index contributed by atoms with van der Waals surface area (Å²) in [5, 5.41) is 0. The van der Waals surface area contributed by atoms with E-state index in [0.29, 0.717) is 43.5 Å². The van der Waals surface area contributed by atoms with E-state index in [4.69, 9.17) is 9.47 Å². The van der Waals surface area contributed by atoms with Crippen LogP contribution in [0.15, 0.2) is 54.6 Å². The van der Waals surface area contributed by atoms with Gasteiger partial charge < -0.3 is 19.2 Å². The van der Waals surface area contributed by atoms with Crippen molar-refractivity contribution in [1.29, 1.82) is 0 Å². The van der Waals surface area contributed by atoms with Crippen LogP contribution in [0.25, 0.3) is 0 Å². The van der Waals surface area contributed by atoms with Gasteiger partial charge >= 0.3 is 6.09 Å². The minimum Gasteiger partial charge on any atom is -0.485 e. The summed E-state index contributed by atoms with van der Waals surface area (Å²) >= 11 is 0. The lowest BCUT2D eigenvalue weighted by atomic mass is 9.74. The van der Waals surface area contributed by atoms with Crippen LogP contribution in [0.1, 0.15) is 28.8 Å². The molecule has 0 aliphatic carbocycles. The van der Waals surface area contributed by atoms with Gasteiger partial charge in [0.05, 0.1) is 5.56 Å². The number of rotatable bonds is 3. The first-order valence-corrected chi connectivity index (χ1v) is 9.36. The third kappa shape index (κ3) is 3.26. The summed E-state index contributed by atoms with van der Waals surface area (Å²) in [6, 6.07) is 16.5. The minimum absolute atomic E-state index is 0.209. The average molecular weight is 379 g/mol. The molecule has 6 nitrogen and oxygen atoms in total. The van der Waals surface area contributed by atoms with Gasteiger partial charge in [-0.05, 0) is 17.7 Å². The molecule has 28 heavy (non-hydrogen) atoms. The monoisotopic (exact) mass is 379 g/mol. The third-order valence-corrected chi connectivity index (χ3v) is 5.52. The van der Waals surface area contributed by atoms with Crippen LogP contribution in [0.5, 0.6) is 5.75 Å².